The Morgan fingerprint density at radius 1 is 1.09 bits per heavy atom. The summed E-state index contributed by atoms with van der Waals surface area (Å²) >= 11 is 0. The largest absolute Gasteiger partial charge is 0.374 e. The number of nitriles is 1. The lowest BCUT2D eigenvalue weighted by molar-refractivity contribution is 0.638. The van der Waals surface area contributed by atoms with E-state index in [2.05, 4.69) is 54.0 Å². The molecule has 0 aliphatic carbocycles. The van der Waals surface area contributed by atoms with Crippen molar-refractivity contribution in [2.24, 2.45) is 5.92 Å². The van der Waals surface area contributed by atoms with Gasteiger partial charge in [-0.05, 0) is 31.9 Å². The van der Waals surface area contributed by atoms with Gasteiger partial charge in [0.05, 0.1) is 17.1 Å². The molecule has 2 rings (SSSR count). The Hall–Kier alpha value is -2.41. The number of aromatic nitrogens is 2. The fourth-order valence-electron chi connectivity index (χ4n) is 2.54. The molecular formula is C18H22N4. The molecular weight excluding hydrogens is 272 g/mol. The van der Waals surface area contributed by atoms with Gasteiger partial charge in [-0.25, -0.2) is 4.98 Å². The molecule has 0 saturated carbocycles. The first-order chi connectivity index (χ1) is 10.4. The van der Waals surface area contributed by atoms with E-state index in [9.17, 15) is 0 Å². The minimum absolute atomic E-state index is 0.390. The number of hydrogen-bond donors (Lipinski definition) is 0. The van der Waals surface area contributed by atoms with Crippen LogP contribution in [0.25, 0.3) is 11.3 Å². The summed E-state index contributed by atoms with van der Waals surface area (Å²) in [7, 11) is 2.10. The van der Waals surface area contributed by atoms with Crippen LogP contribution in [0.2, 0.25) is 0 Å². The highest BCUT2D eigenvalue weighted by molar-refractivity contribution is 5.65. The summed E-state index contributed by atoms with van der Waals surface area (Å²) in [5, 5.41) is 9.12. The Balaban J connectivity index is 2.33. The summed E-state index contributed by atoms with van der Waals surface area (Å²) in [5.41, 5.74) is 4.86. The first kappa shape index (κ1) is 16.0. The molecule has 4 heteroatoms. The van der Waals surface area contributed by atoms with E-state index in [1.54, 1.807) is 0 Å². The maximum absolute atomic E-state index is 9.12. The fourth-order valence-corrected chi connectivity index (χ4v) is 2.54. The monoisotopic (exact) mass is 294 g/mol. The van der Waals surface area contributed by atoms with Crippen LogP contribution in [0.4, 0.5) is 5.69 Å². The van der Waals surface area contributed by atoms with E-state index in [-0.39, 0.29) is 0 Å². The molecule has 0 aliphatic rings. The average Bonchev–Trinajstić information content (AvgIpc) is 2.47. The van der Waals surface area contributed by atoms with Crippen molar-refractivity contribution in [3.05, 3.63) is 41.3 Å². The molecule has 0 radical (unpaired) electrons. The maximum atomic E-state index is 9.12. The van der Waals surface area contributed by atoms with E-state index in [1.165, 1.54) is 5.69 Å². The summed E-state index contributed by atoms with van der Waals surface area (Å²) in [6.45, 7) is 9.17. The third-order valence-electron chi connectivity index (χ3n) is 3.57. The molecule has 0 amide bonds. The molecule has 0 saturated heterocycles. The predicted molar refractivity (Wildman–Crippen MR) is 89.8 cm³/mol. The Morgan fingerprint density at radius 2 is 1.73 bits per heavy atom. The zero-order valence-electron chi connectivity index (χ0n) is 13.9. The van der Waals surface area contributed by atoms with Crippen LogP contribution in [0.5, 0.6) is 0 Å². The third kappa shape index (κ3) is 3.43. The second kappa shape index (κ2) is 6.57. The summed E-state index contributed by atoms with van der Waals surface area (Å²) in [6.07, 6.45) is 0. The number of nitrogens with zero attached hydrogens (tertiary/aromatic N) is 4. The van der Waals surface area contributed by atoms with Gasteiger partial charge in [-0.2, -0.15) is 5.26 Å². The van der Waals surface area contributed by atoms with Crippen molar-refractivity contribution in [3.8, 4) is 17.3 Å². The summed E-state index contributed by atoms with van der Waals surface area (Å²) in [6, 6.07) is 10.4. The van der Waals surface area contributed by atoms with E-state index in [1.807, 2.05) is 26.0 Å². The Bertz CT molecular complexity index is 696. The molecule has 22 heavy (non-hydrogen) atoms. The van der Waals surface area contributed by atoms with Crippen LogP contribution >= 0.6 is 0 Å². The van der Waals surface area contributed by atoms with Crippen molar-refractivity contribution in [2.45, 2.75) is 27.7 Å². The number of benzene rings is 1. The fraction of sp³-hybridized carbons (Fsp3) is 0.389. The SMILES string of the molecule is Cc1nc(C)c(-c2ccc(N(C)CC(C)C)cc2)nc1C#N. The van der Waals surface area contributed by atoms with Crippen LogP contribution in [0.15, 0.2) is 24.3 Å². The predicted octanol–water partition coefficient (Wildman–Crippen LogP) is 3.72. The van der Waals surface area contributed by atoms with Crippen LogP contribution < -0.4 is 4.90 Å². The van der Waals surface area contributed by atoms with Crippen molar-refractivity contribution in [1.29, 1.82) is 5.26 Å². The van der Waals surface area contributed by atoms with Gasteiger partial charge in [0.25, 0.3) is 0 Å². The maximum Gasteiger partial charge on any atom is 0.162 e. The van der Waals surface area contributed by atoms with Crippen LogP contribution in [-0.4, -0.2) is 23.6 Å². The summed E-state index contributed by atoms with van der Waals surface area (Å²) in [4.78, 5) is 11.1. The third-order valence-corrected chi connectivity index (χ3v) is 3.57. The molecule has 1 heterocycles. The lowest BCUT2D eigenvalue weighted by Gasteiger charge is -2.21. The zero-order chi connectivity index (χ0) is 16.3. The average molecular weight is 294 g/mol. The summed E-state index contributed by atoms with van der Waals surface area (Å²) in [5.74, 6) is 0.619. The molecule has 0 N–H and O–H groups in total. The minimum atomic E-state index is 0.390. The lowest BCUT2D eigenvalue weighted by atomic mass is 10.1. The highest BCUT2D eigenvalue weighted by Gasteiger charge is 2.10. The van der Waals surface area contributed by atoms with Crippen LogP contribution in [0.1, 0.15) is 30.9 Å². The molecule has 0 bridgehead atoms. The van der Waals surface area contributed by atoms with E-state index in [0.29, 0.717) is 17.3 Å². The smallest absolute Gasteiger partial charge is 0.162 e. The molecule has 2 aromatic rings. The number of rotatable bonds is 4. The Labute approximate surface area is 132 Å². The Kier molecular flexibility index (Phi) is 4.77. The standard InChI is InChI=1S/C18H22N4/c1-12(2)11-22(5)16-8-6-15(7-9-16)18-14(4)20-13(3)17(10-19)21-18/h6-9,12H,11H2,1-5H3. The molecule has 4 nitrogen and oxygen atoms in total. The van der Waals surface area contributed by atoms with Crippen molar-refractivity contribution in [3.63, 3.8) is 0 Å². The normalized spacial score (nSPS) is 10.6. The van der Waals surface area contributed by atoms with Crippen molar-refractivity contribution < 1.29 is 0 Å². The van der Waals surface area contributed by atoms with Crippen molar-refractivity contribution in [1.82, 2.24) is 9.97 Å². The number of hydrogen-bond acceptors (Lipinski definition) is 4. The first-order valence-electron chi connectivity index (χ1n) is 7.49. The van der Waals surface area contributed by atoms with E-state index < -0.39 is 0 Å². The first-order valence-corrected chi connectivity index (χ1v) is 7.49. The molecule has 0 aliphatic heterocycles. The van der Waals surface area contributed by atoms with Gasteiger partial charge in [0.2, 0.25) is 0 Å². The highest BCUT2D eigenvalue weighted by Crippen LogP contribution is 2.24. The zero-order valence-corrected chi connectivity index (χ0v) is 13.9. The van der Waals surface area contributed by atoms with Crippen molar-refractivity contribution in [2.75, 3.05) is 18.5 Å². The molecule has 0 spiro atoms. The topological polar surface area (TPSA) is 52.8 Å². The van der Waals surface area contributed by atoms with E-state index in [0.717, 1.165) is 23.5 Å². The van der Waals surface area contributed by atoms with Gasteiger partial charge in [-0.3, -0.25) is 4.98 Å². The minimum Gasteiger partial charge on any atom is -0.374 e. The highest BCUT2D eigenvalue weighted by atomic mass is 15.1. The van der Waals surface area contributed by atoms with Gasteiger partial charge in [-0.1, -0.05) is 26.0 Å². The van der Waals surface area contributed by atoms with E-state index in [4.69, 9.17) is 5.26 Å². The molecule has 1 aromatic carbocycles. The molecule has 0 fully saturated rings. The van der Waals surface area contributed by atoms with Gasteiger partial charge < -0.3 is 4.90 Å². The quantitative estimate of drug-likeness (QED) is 0.862. The number of anilines is 1. The van der Waals surface area contributed by atoms with Crippen LogP contribution in [0.3, 0.4) is 0 Å². The molecule has 0 atom stereocenters. The van der Waals surface area contributed by atoms with Crippen LogP contribution in [-0.2, 0) is 0 Å². The van der Waals surface area contributed by atoms with Gasteiger partial charge in [0.1, 0.15) is 6.07 Å². The van der Waals surface area contributed by atoms with Gasteiger partial charge in [0.15, 0.2) is 5.69 Å². The number of aryl methyl sites for hydroxylation is 2. The molecule has 1 aromatic heterocycles. The lowest BCUT2D eigenvalue weighted by Crippen LogP contribution is -2.22. The molecule has 0 unspecified atom stereocenters. The van der Waals surface area contributed by atoms with Gasteiger partial charge >= 0.3 is 0 Å². The summed E-state index contributed by atoms with van der Waals surface area (Å²) < 4.78 is 0. The molecule has 114 valence electrons. The van der Waals surface area contributed by atoms with Gasteiger partial charge in [0, 0.05) is 24.8 Å². The second-order valence-electron chi connectivity index (χ2n) is 6.02. The van der Waals surface area contributed by atoms with Gasteiger partial charge in [-0.15, -0.1) is 0 Å². The second-order valence-corrected chi connectivity index (χ2v) is 6.02. The van der Waals surface area contributed by atoms with E-state index >= 15 is 0 Å². The Morgan fingerprint density at radius 3 is 2.27 bits per heavy atom. The van der Waals surface area contributed by atoms with Crippen LogP contribution in [0, 0.1) is 31.1 Å². The van der Waals surface area contributed by atoms with Crippen molar-refractivity contribution >= 4 is 5.69 Å².